The molecule has 0 saturated heterocycles. The Balaban J connectivity index is 1.48. The highest BCUT2D eigenvalue weighted by molar-refractivity contribution is 5.87. The van der Waals surface area contributed by atoms with Crippen molar-refractivity contribution in [2.45, 2.75) is 96.8 Å². The minimum atomic E-state index is -1.57. The Labute approximate surface area is 298 Å². The number of hydrogen-bond acceptors (Lipinski definition) is 10. The molecule has 3 aromatic carbocycles. The molecule has 3 aromatic rings. The minimum absolute atomic E-state index is 0.0421. The van der Waals surface area contributed by atoms with Crippen molar-refractivity contribution in [1.82, 2.24) is 10.6 Å². The number of hydrogen-bond donors (Lipinski definition) is 2. The van der Waals surface area contributed by atoms with Crippen LogP contribution in [0.4, 0.5) is 9.59 Å². The minimum Gasteiger partial charge on any atom is -0.460 e. The van der Waals surface area contributed by atoms with Crippen LogP contribution in [0.5, 0.6) is 0 Å². The van der Waals surface area contributed by atoms with E-state index in [9.17, 15) is 24.0 Å². The maximum atomic E-state index is 13.6. The van der Waals surface area contributed by atoms with E-state index in [-0.39, 0.29) is 19.1 Å². The highest BCUT2D eigenvalue weighted by atomic mass is 16.6. The molecule has 3 atom stereocenters. The lowest BCUT2D eigenvalue weighted by Gasteiger charge is -2.27. The molecule has 1 aliphatic rings. The van der Waals surface area contributed by atoms with E-state index in [0.29, 0.717) is 5.56 Å². The predicted octanol–water partition coefficient (Wildman–Crippen LogP) is 6.19. The summed E-state index contributed by atoms with van der Waals surface area (Å²) in [4.78, 5) is 65.6. The fourth-order valence-corrected chi connectivity index (χ4v) is 5.48. The third-order valence-corrected chi connectivity index (χ3v) is 7.63. The normalized spacial score (nSPS) is 14.1. The van der Waals surface area contributed by atoms with Gasteiger partial charge in [-0.1, -0.05) is 78.9 Å². The van der Waals surface area contributed by atoms with Gasteiger partial charge in [-0.2, -0.15) is 0 Å². The lowest BCUT2D eigenvalue weighted by Crippen LogP contribution is -2.53. The molecule has 51 heavy (non-hydrogen) atoms. The lowest BCUT2D eigenvalue weighted by atomic mass is 9.98. The van der Waals surface area contributed by atoms with Crippen molar-refractivity contribution in [2.75, 3.05) is 6.61 Å². The Hall–Kier alpha value is -5.39. The molecular formula is C39H46N2O10. The van der Waals surface area contributed by atoms with Gasteiger partial charge in [-0.25, -0.2) is 19.2 Å². The number of ether oxygens (including phenoxy) is 5. The predicted molar refractivity (Wildman–Crippen MR) is 187 cm³/mol. The Bertz CT molecular complexity index is 1670. The third-order valence-electron chi connectivity index (χ3n) is 7.63. The summed E-state index contributed by atoms with van der Waals surface area (Å²) >= 11 is 0. The van der Waals surface area contributed by atoms with Crippen LogP contribution in [0.15, 0.2) is 78.9 Å². The largest absolute Gasteiger partial charge is 0.460 e. The Kier molecular flexibility index (Phi) is 12.5. The van der Waals surface area contributed by atoms with Crippen molar-refractivity contribution >= 4 is 30.1 Å². The number of benzene rings is 3. The van der Waals surface area contributed by atoms with Crippen LogP contribution < -0.4 is 10.6 Å². The zero-order valence-electron chi connectivity index (χ0n) is 30.0. The molecule has 0 bridgehead atoms. The molecule has 0 heterocycles. The van der Waals surface area contributed by atoms with Gasteiger partial charge in [0, 0.05) is 5.92 Å². The number of amides is 2. The second-order valence-electron chi connectivity index (χ2n) is 14.2. The van der Waals surface area contributed by atoms with Gasteiger partial charge in [0.1, 0.15) is 36.6 Å². The summed E-state index contributed by atoms with van der Waals surface area (Å²) in [6, 6.07) is 21.4. The number of nitrogens with one attached hydrogen (secondary N) is 2. The molecule has 1 aliphatic carbocycles. The van der Waals surface area contributed by atoms with Gasteiger partial charge >= 0.3 is 30.1 Å². The molecule has 0 aliphatic heterocycles. The molecule has 0 saturated carbocycles. The molecule has 0 spiro atoms. The van der Waals surface area contributed by atoms with E-state index in [1.54, 1.807) is 65.8 Å². The lowest BCUT2D eigenvalue weighted by molar-refractivity contribution is -0.164. The third kappa shape index (κ3) is 11.3. The van der Waals surface area contributed by atoms with Crippen LogP contribution in [0.2, 0.25) is 0 Å². The van der Waals surface area contributed by atoms with Crippen molar-refractivity contribution in [3.05, 3.63) is 95.6 Å². The van der Waals surface area contributed by atoms with Crippen molar-refractivity contribution < 1.29 is 47.7 Å². The summed E-state index contributed by atoms with van der Waals surface area (Å²) in [5, 5.41) is 4.85. The number of carbonyl (C=O) groups excluding carboxylic acids is 5. The van der Waals surface area contributed by atoms with E-state index in [4.69, 9.17) is 23.7 Å². The highest BCUT2D eigenvalue weighted by Gasteiger charge is 2.37. The van der Waals surface area contributed by atoms with Crippen molar-refractivity contribution in [1.29, 1.82) is 0 Å². The van der Waals surface area contributed by atoms with Crippen LogP contribution in [-0.4, -0.2) is 66.1 Å². The van der Waals surface area contributed by atoms with E-state index in [0.717, 1.165) is 22.3 Å². The van der Waals surface area contributed by atoms with E-state index < -0.39 is 65.9 Å². The quantitative estimate of drug-likeness (QED) is 0.165. The van der Waals surface area contributed by atoms with Gasteiger partial charge in [-0.3, -0.25) is 4.79 Å². The average molecular weight is 703 g/mol. The maximum absolute atomic E-state index is 13.6. The number of esters is 3. The topological polar surface area (TPSA) is 156 Å². The van der Waals surface area contributed by atoms with E-state index in [1.807, 2.05) is 54.6 Å². The van der Waals surface area contributed by atoms with Crippen LogP contribution in [-0.2, 0) is 44.7 Å². The fraction of sp³-hybridized carbons (Fsp3) is 0.410. The molecule has 0 unspecified atom stereocenters. The van der Waals surface area contributed by atoms with Crippen LogP contribution in [0.25, 0.3) is 11.1 Å². The van der Waals surface area contributed by atoms with Gasteiger partial charge in [0.2, 0.25) is 0 Å². The molecule has 0 aromatic heterocycles. The van der Waals surface area contributed by atoms with Crippen LogP contribution in [0.1, 0.15) is 77.5 Å². The van der Waals surface area contributed by atoms with Gasteiger partial charge in [0.15, 0.2) is 6.04 Å². The molecule has 2 amide bonds. The molecular weight excluding hydrogens is 656 g/mol. The number of carbonyl (C=O) groups is 5. The Morgan fingerprint density at radius 3 is 1.78 bits per heavy atom. The zero-order chi connectivity index (χ0) is 37.3. The van der Waals surface area contributed by atoms with Gasteiger partial charge in [0.05, 0.1) is 6.42 Å². The van der Waals surface area contributed by atoms with Crippen LogP contribution >= 0.6 is 0 Å². The molecule has 12 nitrogen and oxygen atoms in total. The van der Waals surface area contributed by atoms with Crippen LogP contribution in [0.3, 0.4) is 0 Å². The first-order chi connectivity index (χ1) is 24.0. The summed E-state index contributed by atoms with van der Waals surface area (Å²) < 4.78 is 27.3. The fourth-order valence-electron chi connectivity index (χ4n) is 5.48. The van der Waals surface area contributed by atoms with E-state index in [2.05, 4.69) is 10.6 Å². The number of rotatable bonds is 12. The SMILES string of the molecule is C[C@@H](OC(=O)[C@@H](CC(=O)OC(C)(C)C)NC(=O)OCC1c2ccccc2-c2ccccc21)[C@H](NC(=O)OC(C)(C)C)C(=O)OCc1ccccc1. The molecule has 0 fully saturated rings. The zero-order valence-corrected chi connectivity index (χ0v) is 30.0. The van der Waals surface area contributed by atoms with Crippen molar-refractivity contribution in [3.63, 3.8) is 0 Å². The second-order valence-corrected chi connectivity index (χ2v) is 14.2. The first-order valence-corrected chi connectivity index (χ1v) is 16.7. The molecule has 272 valence electrons. The Morgan fingerprint density at radius 1 is 0.667 bits per heavy atom. The van der Waals surface area contributed by atoms with Crippen molar-refractivity contribution in [2.24, 2.45) is 0 Å². The van der Waals surface area contributed by atoms with E-state index >= 15 is 0 Å². The van der Waals surface area contributed by atoms with Gasteiger partial charge < -0.3 is 34.3 Å². The van der Waals surface area contributed by atoms with Gasteiger partial charge in [-0.15, -0.1) is 0 Å². The average Bonchev–Trinajstić information content (AvgIpc) is 3.37. The summed E-state index contributed by atoms with van der Waals surface area (Å²) in [7, 11) is 0. The van der Waals surface area contributed by atoms with Gasteiger partial charge in [0.25, 0.3) is 0 Å². The summed E-state index contributed by atoms with van der Waals surface area (Å²) in [6.45, 7) is 11.1. The smallest absolute Gasteiger partial charge is 0.408 e. The molecule has 0 radical (unpaired) electrons. The summed E-state index contributed by atoms with van der Waals surface area (Å²) in [5.41, 5.74) is 2.98. The number of alkyl carbamates (subject to hydrolysis) is 2. The second kappa shape index (κ2) is 16.5. The molecule has 2 N–H and O–H groups in total. The molecule has 4 rings (SSSR count). The number of fused-ring (bicyclic) bond motifs is 3. The summed E-state index contributed by atoms with van der Waals surface area (Å²) in [5.74, 6) is -3.02. The highest BCUT2D eigenvalue weighted by Crippen LogP contribution is 2.44. The first-order valence-electron chi connectivity index (χ1n) is 16.7. The Morgan fingerprint density at radius 2 is 1.22 bits per heavy atom. The standard InChI is InChI=1S/C39H46N2O10/c1-24(33(41-37(46)51-39(5,6)7)35(44)47-22-25-15-9-8-10-16-25)49-34(43)31(21-32(42)50-38(2,3)4)40-36(45)48-23-30-28-19-13-11-17-26(28)27-18-12-14-20-29(27)30/h8-20,24,30-31,33H,21-23H2,1-7H3,(H,40,45)(H,41,46)/t24-,31-,33+/m1/s1. The molecule has 12 heteroatoms. The monoisotopic (exact) mass is 702 g/mol. The summed E-state index contributed by atoms with van der Waals surface area (Å²) in [6.07, 6.45) is -3.86. The van der Waals surface area contributed by atoms with Gasteiger partial charge in [-0.05, 0) is 76.3 Å². The van der Waals surface area contributed by atoms with Crippen molar-refractivity contribution in [3.8, 4) is 11.1 Å². The maximum Gasteiger partial charge on any atom is 0.408 e. The van der Waals surface area contributed by atoms with Crippen LogP contribution in [0, 0.1) is 0 Å². The first kappa shape index (κ1) is 38.4. The van der Waals surface area contributed by atoms with E-state index in [1.165, 1.54) is 6.92 Å².